The summed E-state index contributed by atoms with van der Waals surface area (Å²) in [4.78, 5) is 2.14. The summed E-state index contributed by atoms with van der Waals surface area (Å²) in [6.45, 7) is 5.75. The second kappa shape index (κ2) is 6.98. The fourth-order valence-corrected chi connectivity index (χ4v) is 1.57. The molecule has 0 aliphatic rings. The van der Waals surface area contributed by atoms with Crippen LogP contribution in [0.15, 0.2) is 24.3 Å². The SMILES string of the molecule is CN(CCCOc1ccc(Cl)cc1)C(C)(C)CO. The van der Waals surface area contributed by atoms with E-state index < -0.39 is 0 Å². The number of benzene rings is 1. The molecule has 0 aliphatic heterocycles. The van der Waals surface area contributed by atoms with E-state index in [1.165, 1.54) is 0 Å². The van der Waals surface area contributed by atoms with Crippen LogP contribution in [0.4, 0.5) is 0 Å². The van der Waals surface area contributed by atoms with Crippen molar-refractivity contribution >= 4 is 11.6 Å². The monoisotopic (exact) mass is 271 g/mol. The van der Waals surface area contributed by atoms with Gasteiger partial charge >= 0.3 is 0 Å². The molecule has 0 heterocycles. The smallest absolute Gasteiger partial charge is 0.119 e. The van der Waals surface area contributed by atoms with Crippen molar-refractivity contribution in [3.05, 3.63) is 29.3 Å². The maximum absolute atomic E-state index is 9.24. The van der Waals surface area contributed by atoms with Gasteiger partial charge in [-0.1, -0.05) is 11.6 Å². The Morgan fingerprint density at radius 2 is 1.89 bits per heavy atom. The van der Waals surface area contributed by atoms with Crippen molar-refractivity contribution < 1.29 is 9.84 Å². The van der Waals surface area contributed by atoms with Crippen LogP contribution >= 0.6 is 11.6 Å². The molecule has 102 valence electrons. The van der Waals surface area contributed by atoms with Gasteiger partial charge in [0.15, 0.2) is 0 Å². The van der Waals surface area contributed by atoms with Crippen LogP contribution in [0.25, 0.3) is 0 Å². The normalized spacial score (nSPS) is 11.9. The highest BCUT2D eigenvalue weighted by Gasteiger charge is 2.21. The molecule has 0 fully saturated rings. The highest BCUT2D eigenvalue weighted by molar-refractivity contribution is 6.30. The molecule has 0 atom stereocenters. The van der Waals surface area contributed by atoms with E-state index in [2.05, 4.69) is 4.90 Å². The first-order valence-corrected chi connectivity index (χ1v) is 6.54. The number of hydrogen-bond donors (Lipinski definition) is 1. The summed E-state index contributed by atoms with van der Waals surface area (Å²) >= 11 is 5.79. The van der Waals surface area contributed by atoms with Crippen LogP contribution in [0.1, 0.15) is 20.3 Å². The number of hydrogen-bond acceptors (Lipinski definition) is 3. The van der Waals surface area contributed by atoms with Gasteiger partial charge in [-0.05, 0) is 51.6 Å². The second-order valence-electron chi connectivity index (χ2n) is 5.05. The Morgan fingerprint density at radius 1 is 1.28 bits per heavy atom. The highest BCUT2D eigenvalue weighted by atomic mass is 35.5. The van der Waals surface area contributed by atoms with Crippen molar-refractivity contribution in [3.8, 4) is 5.75 Å². The molecule has 0 aliphatic carbocycles. The fraction of sp³-hybridized carbons (Fsp3) is 0.571. The molecule has 0 bridgehead atoms. The minimum absolute atomic E-state index is 0.154. The van der Waals surface area contributed by atoms with Gasteiger partial charge in [-0.15, -0.1) is 0 Å². The van der Waals surface area contributed by atoms with Crippen LogP contribution < -0.4 is 4.74 Å². The van der Waals surface area contributed by atoms with Gasteiger partial charge in [0.1, 0.15) is 5.75 Å². The molecular weight excluding hydrogens is 250 g/mol. The fourth-order valence-electron chi connectivity index (χ4n) is 1.45. The van der Waals surface area contributed by atoms with E-state index in [4.69, 9.17) is 16.3 Å². The molecule has 0 saturated heterocycles. The van der Waals surface area contributed by atoms with Crippen molar-refractivity contribution in [2.75, 3.05) is 26.8 Å². The van der Waals surface area contributed by atoms with Gasteiger partial charge in [-0.25, -0.2) is 0 Å². The Balaban J connectivity index is 2.25. The number of nitrogens with zero attached hydrogens (tertiary/aromatic N) is 1. The molecule has 4 heteroatoms. The van der Waals surface area contributed by atoms with E-state index in [1.807, 2.05) is 45.2 Å². The first kappa shape index (κ1) is 15.3. The summed E-state index contributed by atoms with van der Waals surface area (Å²) in [5.41, 5.74) is -0.180. The third-order valence-corrected chi connectivity index (χ3v) is 3.39. The Labute approximate surface area is 114 Å². The summed E-state index contributed by atoms with van der Waals surface area (Å²) in [6.07, 6.45) is 0.919. The van der Waals surface area contributed by atoms with Crippen LogP contribution in [0.3, 0.4) is 0 Å². The van der Waals surface area contributed by atoms with Crippen molar-refractivity contribution in [2.24, 2.45) is 0 Å². The summed E-state index contributed by atoms with van der Waals surface area (Å²) < 4.78 is 5.61. The predicted molar refractivity (Wildman–Crippen MR) is 75.4 cm³/mol. The Morgan fingerprint density at radius 3 is 2.44 bits per heavy atom. The lowest BCUT2D eigenvalue weighted by atomic mass is 10.1. The Hall–Kier alpha value is -0.770. The standard InChI is InChI=1S/C14H22ClNO2/c1-14(2,11-17)16(3)9-4-10-18-13-7-5-12(15)6-8-13/h5-8,17H,4,9-11H2,1-3H3. The van der Waals surface area contributed by atoms with E-state index in [1.54, 1.807) is 0 Å². The van der Waals surface area contributed by atoms with Gasteiger partial charge in [0.25, 0.3) is 0 Å². The molecule has 0 radical (unpaired) electrons. The first-order valence-electron chi connectivity index (χ1n) is 6.16. The number of likely N-dealkylation sites (N-methyl/N-ethyl adjacent to an activating group) is 1. The Kier molecular flexibility index (Phi) is 5.93. The van der Waals surface area contributed by atoms with Gasteiger partial charge in [0.05, 0.1) is 13.2 Å². The molecule has 1 aromatic carbocycles. The molecule has 0 unspecified atom stereocenters. The minimum atomic E-state index is -0.180. The average molecular weight is 272 g/mol. The third-order valence-electron chi connectivity index (χ3n) is 3.14. The molecule has 1 aromatic rings. The van der Waals surface area contributed by atoms with Crippen LogP contribution in [0, 0.1) is 0 Å². The number of aliphatic hydroxyl groups excluding tert-OH is 1. The number of halogens is 1. The van der Waals surface area contributed by atoms with E-state index in [9.17, 15) is 5.11 Å². The third kappa shape index (κ3) is 4.84. The summed E-state index contributed by atoms with van der Waals surface area (Å²) in [5.74, 6) is 0.837. The topological polar surface area (TPSA) is 32.7 Å². The number of ether oxygens (including phenoxy) is 1. The molecule has 1 N–H and O–H groups in total. The van der Waals surface area contributed by atoms with E-state index in [-0.39, 0.29) is 12.1 Å². The van der Waals surface area contributed by atoms with Crippen molar-refractivity contribution in [2.45, 2.75) is 25.8 Å². The van der Waals surface area contributed by atoms with Crippen LogP contribution in [0.2, 0.25) is 5.02 Å². The average Bonchev–Trinajstić information content (AvgIpc) is 2.36. The summed E-state index contributed by atoms with van der Waals surface area (Å²) in [5, 5.41) is 9.95. The van der Waals surface area contributed by atoms with Crippen LogP contribution in [0.5, 0.6) is 5.75 Å². The van der Waals surface area contributed by atoms with Crippen LogP contribution in [-0.2, 0) is 0 Å². The maximum Gasteiger partial charge on any atom is 0.119 e. The lowest BCUT2D eigenvalue weighted by Crippen LogP contribution is -2.44. The molecule has 0 spiro atoms. The highest BCUT2D eigenvalue weighted by Crippen LogP contribution is 2.16. The van der Waals surface area contributed by atoms with E-state index >= 15 is 0 Å². The van der Waals surface area contributed by atoms with E-state index in [0.29, 0.717) is 11.6 Å². The molecule has 0 aromatic heterocycles. The molecule has 0 saturated carbocycles. The number of rotatable bonds is 7. The summed E-state index contributed by atoms with van der Waals surface area (Å²) in [6, 6.07) is 7.36. The van der Waals surface area contributed by atoms with Crippen molar-refractivity contribution in [1.82, 2.24) is 4.90 Å². The second-order valence-corrected chi connectivity index (χ2v) is 5.48. The van der Waals surface area contributed by atoms with Gasteiger partial charge in [0, 0.05) is 17.1 Å². The van der Waals surface area contributed by atoms with Gasteiger partial charge in [-0.3, -0.25) is 4.90 Å². The quantitative estimate of drug-likeness (QED) is 0.774. The van der Waals surface area contributed by atoms with E-state index in [0.717, 1.165) is 18.7 Å². The lowest BCUT2D eigenvalue weighted by Gasteiger charge is -2.33. The first-order chi connectivity index (χ1) is 8.45. The molecule has 3 nitrogen and oxygen atoms in total. The van der Waals surface area contributed by atoms with Gasteiger partial charge in [-0.2, -0.15) is 0 Å². The maximum atomic E-state index is 9.24. The lowest BCUT2D eigenvalue weighted by molar-refractivity contribution is 0.0747. The van der Waals surface area contributed by atoms with Crippen molar-refractivity contribution in [1.29, 1.82) is 0 Å². The Bertz CT molecular complexity index is 351. The largest absolute Gasteiger partial charge is 0.494 e. The predicted octanol–water partition coefficient (Wildman–Crippen LogP) is 2.81. The molecule has 1 rings (SSSR count). The zero-order chi connectivity index (χ0) is 13.6. The zero-order valence-corrected chi connectivity index (χ0v) is 12.1. The zero-order valence-electron chi connectivity index (χ0n) is 11.3. The minimum Gasteiger partial charge on any atom is -0.494 e. The van der Waals surface area contributed by atoms with Gasteiger partial charge in [0.2, 0.25) is 0 Å². The van der Waals surface area contributed by atoms with Gasteiger partial charge < -0.3 is 9.84 Å². The van der Waals surface area contributed by atoms with Crippen LogP contribution in [-0.4, -0.2) is 42.4 Å². The molecule has 0 amide bonds. The summed E-state index contributed by atoms with van der Waals surface area (Å²) in [7, 11) is 2.01. The molecule has 18 heavy (non-hydrogen) atoms. The number of aliphatic hydroxyl groups is 1. The molecular formula is C14H22ClNO2. The van der Waals surface area contributed by atoms with Crippen molar-refractivity contribution in [3.63, 3.8) is 0 Å².